The number of carbonyl (C=O) groups excluding carboxylic acids is 10. The number of aliphatic hydroxyl groups excluding tert-OH is 1. The molecule has 70 heavy (non-hydrogen) atoms. The van der Waals surface area contributed by atoms with Crippen molar-refractivity contribution in [2.24, 2.45) is 22.9 Å². The van der Waals surface area contributed by atoms with Crippen LogP contribution in [-0.4, -0.2) is 163 Å². The average molecular weight is 998 g/mol. The maximum absolute atomic E-state index is 14.3. The predicted molar refractivity (Wildman–Crippen MR) is 243 cm³/mol. The smallest absolute Gasteiger partial charge is 0.303 e. The molecule has 6 amide bonds. The molecular formula is C44H71N9O17. The summed E-state index contributed by atoms with van der Waals surface area (Å²) < 4.78 is 33.3. The van der Waals surface area contributed by atoms with Crippen LogP contribution in [0.4, 0.5) is 0 Å². The fourth-order valence-electron chi connectivity index (χ4n) is 7.28. The highest BCUT2D eigenvalue weighted by molar-refractivity contribution is 5.99. The normalized spacial score (nSPS) is 23.9. The van der Waals surface area contributed by atoms with Gasteiger partial charge < -0.3 is 65.4 Å². The molecule has 14 atom stereocenters. The van der Waals surface area contributed by atoms with E-state index in [1.807, 2.05) is 13.8 Å². The molecule has 0 aromatic heterocycles. The lowest BCUT2D eigenvalue weighted by Crippen LogP contribution is -2.67. The van der Waals surface area contributed by atoms with Gasteiger partial charge in [-0.1, -0.05) is 59.5 Å². The zero-order valence-electron chi connectivity index (χ0n) is 41.9. The van der Waals surface area contributed by atoms with E-state index in [0.717, 1.165) is 27.7 Å². The minimum Gasteiger partial charge on any atom is -0.463 e. The molecule has 2 fully saturated rings. The van der Waals surface area contributed by atoms with Crippen molar-refractivity contribution in [3.8, 4) is 0 Å². The van der Waals surface area contributed by atoms with Gasteiger partial charge in [0.1, 0.15) is 55.1 Å². The molecule has 26 heteroatoms. The summed E-state index contributed by atoms with van der Waals surface area (Å²) in [4.78, 5) is 134. The van der Waals surface area contributed by atoms with Crippen LogP contribution in [0.25, 0.3) is 10.4 Å². The van der Waals surface area contributed by atoms with E-state index >= 15 is 0 Å². The fraction of sp³-hybridized carbons (Fsp3) is 0.773. The fourth-order valence-corrected chi connectivity index (χ4v) is 7.28. The van der Waals surface area contributed by atoms with Gasteiger partial charge in [-0.15, -0.1) is 0 Å². The van der Waals surface area contributed by atoms with Crippen LogP contribution in [0.15, 0.2) is 5.11 Å². The van der Waals surface area contributed by atoms with Crippen LogP contribution in [0.1, 0.15) is 102 Å². The van der Waals surface area contributed by atoms with Crippen LogP contribution in [0.2, 0.25) is 0 Å². The molecule has 2 aliphatic heterocycles. The molecule has 0 aliphatic carbocycles. The van der Waals surface area contributed by atoms with Gasteiger partial charge in [0.05, 0.1) is 25.4 Å². The van der Waals surface area contributed by atoms with E-state index in [-0.39, 0.29) is 31.1 Å². The van der Waals surface area contributed by atoms with Crippen LogP contribution < -0.4 is 31.9 Å². The minimum absolute atomic E-state index is 0.0256. The second-order valence-corrected chi connectivity index (χ2v) is 18.1. The van der Waals surface area contributed by atoms with Gasteiger partial charge >= 0.3 is 17.9 Å². The summed E-state index contributed by atoms with van der Waals surface area (Å²) in [7, 11) is 0. The second kappa shape index (κ2) is 28.0. The highest BCUT2D eigenvalue weighted by atomic mass is 16.7. The molecule has 0 radical (unpaired) electrons. The third kappa shape index (κ3) is 18.8. The highest BCUT2D eigenvalue weighted by Gasteiger charge is 2.52. The molecule has 0 unspecified atom stereocenters. The highest BCUT2D eigenvalue weighted by Crippen LogP contribution is 2.30. The molecule has 7 N–H and O–H groups in total. The van der Waals surface area contributed by atoms with Gasteiger partial charge in [-0.05, 0) is 43.6 Å². The first kappa shape index (κ1) is 60.2. The zero-order chi connectivity index (χ0) is 53.2. The van der Waals surface area contributed by atoms with Crippen molar-refractivity contribution in [3.63, 3.8) is 0 Å². The summed E-state index contributed by atoms with van der Waals surface area (Å²) >= 11 is 0. The minimum atomic E-state index is -1.73. The summed E-state index contributed by atoms with van der Waals surface area (Å²) in [6.07, 6.45) is -6.69. The Labute approximate surface area is 406 Å². The van der Waals surface area contributed by atoms with Crippen molar-refractivity contribution in [3.05, 3.63) is 10.4 Å². The predicted octanol–water partition coefficient (Wildman–Crippen LogP) is -0.729. The third-order valence-corrected chi connectivity index (χ3v) is 11.5. The van der Waals surface area contributed by atoms with Crippen LogP contribution >= 0.6 is 0 Å². The van der Waals surface area contributed by atoms with E-state index in [1.165, 1.54) is 6.92 Å². The molecule has 2 saturated heterocycles. The lowest BCUT2D eigenvalue weighted by molar-refractivity contribution is -0.278. The SMILES string of the molecule is CC[C@H](C)[C@H](NC(=O)[C@H](CO[C@@H]1O[C@H](COC(C)=O)[C@@H](OC(C)=O)[C@H](OC(C)=O)[C@H]1NC(C)=O)NC(=O)CN=[N+]=[N-])C(=O)N[C@H](C(=O)N[C@H](C(=O)N[C@@H](CC(C)C)C(=O)[C@@]1(C)CO1)[C@@H](C)O)[C@@H](C)CC. The van der Waals surface area contributed by atoms with Gasteiger partial charge in [0.2, 0.25) is 35.4 Å². The van der Waals surface area contributed by atoms with Gasteiger partial charge in [0.25, 0.3) is 0 Å². The quantitative estimate of drug-likeness (QED) is 0.0127. The lowest BCUT2D eigenvalue weighted by atomic mass is 9.93. The Hall–Kier alpha value is -5.95. The second-order valence-electron chi connectivity index (χ2n) is 18.1. The molecule has 2 rings (SSSR count). The number of carbonyl (C=O) groups is 10. The number of ketones is 1. The third-order valence-electron chi connectivity index (χ3n) is 11.5. The number of nitrogens with one attached hydrogen (secondary N) is 6. The first-order valence-electron chi connectivity index (χ1n) is 23.1. The monoisotopic (exact) mass is 997 g/mol. The Morgan fingerprint density at radius 3 is 1.71 bits per heavy atom. The Morgan fingerprint density at radius 2 is 1.26 bits per heavy atom. The lowest BCUT2D eigenvalue weighted by Gasteiger charge is -2.45. The van der Waals surface area contributed by atoms with Crippen molar-refractivity contribution in [1.82, 2.24) is 31.9 Å². The first-order chi connectivity index (χ1) is 32.7. The molecule has 0 aromatic rings. The van der Waals surface area contributed by atoms with E-state index in [2.05, 4.69) is 41.9 Å². The maximum atomic E-state index is 14.3. The standard InChI is InChI=1S/C44H71N9O17/c1-13-21(5)32(40(62)51-33(22(6)14-2)41(63)52-34(23(7)54)42(64)49-28(15-20(3)4)38(60)44(12)19-67-44)50-39(61)29(48-31(59)16-46-53-45)17-66-43-35(47-24(8)55)37(69-27(11)58)36(68-26(10)57)30(70-43)18-65-25(9)56/h20-23,28-30,32-37,43,54H,13-19H2,1-12H3,(H,47,55)(H,48,59)(H,49,64)(H,50,61)(H,51,62)(H,52,63)/t21-,22-,23+,28-,29-,30+,32-,33-,34-,35+,36+,37+,43+,44+/m0/s1. The molecule has 26 nitrogen and oxygen atoms in total. The molecule has 0 spiro atoms. The van der Waals surface area contributed by atoms with Crippen molar-refractivity contribution in [1.29, 1.82) is 0 Å². The number of amides is 6. The number of Topliss-reactive ketones (excluding diaryl/α,β-unsaturated/α-hetero) is 1. The number of rotatable bonds is 28. The van der Waals surface area contributed by atoms with Gasteiger partial charge in [0.15, 0.2) is 24.3 Å². The van der Waals surface area contributed by atoms with Gasteiger partial charge in [-0.25, -0.2) is 0 Å². The van der Waals surface area contributed by atoms with Gasteiger partial charge in [-0.3, -0.25) is 47.9 Å². The van der Waals surface area contributed by atoms with Gasteiger partial charge in [-0.2, -0.15) is 0 Å². The number of esters is 3. The van der Waals surface area contributed by atoms with E-state index in [1.54, 1.807) is 34.6 Å². The average Bonchev–Trinajstić information content (AvgIpc) is 4.03. The molecule has 2 heterocycles. The Morgan fingerprint density at radius 1 is 0.743 bits per heavy atom. The van der Waals surface area contributed by atoms with Crippen LogP contribution in [0, 0.1) is 17.8 Å². The zero-order valence-corrected chi connectivity index (χ0v) is 41.9. The van der Waals surface area contributed by atoms with E-state index < -0.39 is 158 Å². The number of hydrogen-bond acceptors (Lipinski definition) is 18. The summed E-state index contributed by atoms with van der Waals surface area (Å²) in [5.41, 5.74) is 7.78. The molecule has 0 saturated carbocycles. The Bertz CT molecular complexity index is 1940. The van der Waals surface area contributed by atoms with E-state index in [0.29, 0.717) is 6.42 Å². The first-order valence-corrected chi connectivity index (χ1v) is 23.1. The topological polar surface area (TPSA) is 371 Å². The number of nitrogens with zero attached hydrogens (tertiary/aromatic N) is 3. The Kier molecular flexibility index (Phi) is 24.1. The molecule has 394 valence electrons. The summed E-state index contributed by atoms with van der Waals surface area (Å²) in [6, 6.07) is -8.52. The Balaban J connectivity index is 2.50. The largest absolute Gasteiger partial charge is 0.463 e. The van der Waals surface area contributed by atoms with Gasteiger partial charge in [0, 0.05) is 32.6 Å². The van der Waals surface area contributed by atoms with Crippen LogP contribution in [0.3, 0.4) is 0 Å². The van der Waals surface area contributed by atoms with Crippen molar-refractivity contribution in [2.45, 2.75) is 175 Å². The molecule has 0 aromatic carbocycles. The van der Waals surface area contributed by atoms with E-state index in [9.17, 15) is 53.1 Å². The van der Waals surface area contributed by atoms with Crippen LogP contribution in [0.5, 0.6) is 0 Å². The number of epoxide rings is 1. The van der Waals surface area contributed by atoms with E-state index in [4.69, 9.17) is 34.0 Å². The maximum Gasteiger partial charge on any atom is 0.303 e. The van der Waals surface area contributed by atoms with Crippen molar-refractivity contribution in [2.75, 3.05) is 26.4 Å². The molecule has 0 bridgehead atoms. The molecule has 2 aliphatic rings. The summed E-state index contributed by atoms with van der Waals surface area (Å²) in [5.74, 6) is -9.45. The number of aliphatic hydroxyl groups is 1. The summed E-state index contributed by atoms with van der Waals surface area (Å²) in [5, 5.41) is 29.2. The molecular weight excluding hydrogens is 927 g/mol. The summed E-state index contributed by atoms with van der Waals surface area (Å²) in [6.45, 7) is 15.6. The number of ether oxygens (including phenoxy) is 6. The van der Waals surface area contributed by atoms with Crippen LogP contribution in [-0.2, 0) is 76.4 Å². The number of azide groups is 1. The van der Waals surface area contributed by atoms with Crippen molar-refractivity contribution >= 4 is 59.1 Å². The number of hydrogen-bond donors (Lipinski definition) is 7. The van der Waals surface area contributed by atoms with Crippen molar-refractivity contribution < 1.29 is 81.5 Å².